The molecule has 0 aromatic heterocycles. The van der Waals surface area contributed by atoms with E-state index in [9.17, 15) is 44.7 Å². The van der Waals surface area contributed by atoms with Crippen LogP contribution in [0.3, 0.4) is 0 Å². The Morgan fingerprint density at radius 2 is 0.800 bits per heavy atom. The number of Topliss-reactive ketones (excluding diaryl/α,β-unsaturated/α-hetero) is 2. The zero-order valence-electron chi connectivity index (χ0n) is 42.7. The monoisotopic (exact) mass is 1190 g/mol. The van der Waals surface area contributed by atoms with E-state index in [0.29, 0.717) is 95.5 Å². The third-order valence-corrected chi connectivity index (χ3v) is 15.6. The number of hydrogen-bond donors (Lipinski definition) is 0. The van der Waals surface area contributed by atoms with Crippen LogP contribution < -0.4 is 0 Å². The largest absolute Gasteiger partial charge is 0.294 e. The smallest absolute Gasteiger partial charge is 0.169 e. The van der Waals surface area contributed by atoms with Crippen molar-refractivity contribution in [1.82, 2.24) is 0 Å². The van der Waals surface area contributed by atoms with E-state index in [1.54, 1.807) is 0 Å². The third-order valence-electron chi connectivity index (χ3n) is 15.1. The molecule has 75 heavy (non-hydrogen) atoms. The van der Waals surface area contributed by atoms with Crippen molar-refractivity contribution >= 4 is 57.4 Å². The molecule has 0 amide bonds. The molecular weight excluding hydrogens is 1130 g/mol. The average Bonchev–Trinajstić information content (AvgIpc) is 3.41. The Balaban J connectivity index is 0.000000163. The summed E-state index contributed by atoms with van der Waals surface area (Å²) in [6.45, 7) is 8.26. The SMILES string of the molecule is CCC1CCc2c(F)ccc(F)c2C1=O.CCI.CC[C@@H]1CCc2c(F)ccc(F)c2[C@@H]1Cc1ccc(Cl)cc1.CC[C@H]1CCc2c(F)ccc(F)c2[C@@H]1Cc1ccc(Cl)cc1.O=C1CCCc2c(F)ccc(F)c21. The summed E-state index contributed by atoms with van der Waals surface area (Å²) in [5.41, 5.74) is 5.00. The molecule has 0 spiro atoms. The van der Waals surface area contributed by atoms with E-state index >= 15 is 0 Å². The van der Waals surface area contributed by atoms with Crippen LogP contribution in [0.15, 0.2) is 97.1 Å². The molecule has 4 aliphatic rings. The number of benzene rings is 6. The average molecular weight is 1190 g/mol. The van der Waals surface area contributed by atoms with Gasteiger partial charge in [0.2, 0.25) is 0 Å². The summed E-state index contributed by atoms with van der Waals surface area (Å²) >= 11 is 14.1. The van der Waals surface area contributed by atoms with Gasteiger partial charge in [-0.3, -0.25) is 9.59 Å². The van der Waals surface area contributed by atoms with Gasteiger partial charge in [-0.05, 0) is 205 Å². The highest BCUT2D eigenvalue weighted by Crippen LogP contribution is 2.44. The molecule has 400 valence electrons. The molecule has 4 aliphatic carbocycles. The number of hydrogen-bond acceptors (Lipinski definition) is 2. The van der Waals surface area contributed by atoms with Crippen LogP contribution in [0.25, 0.3) is 0 Å². The van der Waals surface area contributed by atoms with Crippen LogP contribution in [0.5, 0.6) is 0 Å². The highest BCUT2D eigenvalue weighted by Gasteiger charge is 2.35. The summed E-state index contributed by atoms with van der Waals surface area (Å²) < 4.78 is 111. The molecule has 0 heterocycles. The number of alkyl halides is 1. The van der Waals surface area contributed by atoms with Crippen LogP contribution in [-0.4, -0.2) is 16.0 Å². The summed E-state index contributed by atoms with van der Waals surface area (Å²) in [6.07, 6.45) is 9.70. The Kier molecular flexibility index (Phi) is 22.4. The van der Waals surface area contributed by atoms with Gasteiger partial charge in [0.25, 0.3) is 0 Å². The number of halogens is 11. The van der Waals surface area contributed by atoms with E-state index in [4.69, 9.17) is 23.2 Å². The fourth-order valence-corrected chi connectivity index (χ4v) is 11.4. The molecule has 5 atom stereocenters. The second kappa shape index (κ2) is 28.2. The maximum absolute atomic E-state index is 14.4. The van der Waals surface area contributed by atoms with Gasteiger partial charge < -0.3 is 0 Å². The number of fused-ring (bicyclic) bond motifs is 4. The first-order valence-electron chi connectivity index (χ1n) is 26.0. The van der Waals surface area contributed by atoms with Crippen LogP contribution in [0, 0.1) is 64.3 Å². The summed E-state index contributed by atoms with van der Waals surface area (Å²) in [5.74, 6) is -3.02. The molecule has 10 rings (SSSR count). The first-order valence-corrected chi connectivity index (χ1v) is 28.2. The van der Waals surface area contributed by atoms with Crippen molar-refractivity contribution < 1.29 is 44.7 Å². The second-order valence-electron chi connectivity index (χ2n) is 19.4. The molecule has 0 radical (unpaired) electrons. The number of rotatable bonds is 7. The van der Waals surface area contributed by atoms with Gasteiger partial charge in [0.15, 0.2) is 11.6 Å². The lowest BCUT2D eigenvalue weighted by Crippen LogP contribution is -2.24. The normalized spacial score (nSPS) is 19.2. The zero-order chi connectivity index (χ0) is 54.5. The lowest BCUT2D eigenvalue weighted by Gasteiger charge is -2.34. The Morgan fingerprint density at radius 1 is 0.440 bits per heavy atom. The Labute approximate surface area is 460 Å². The minimum absolute atomic E-state index is 0.0203. The van der Waals surface area contributed by atoms with Crippen LogP contribution in [-0.2, 0) is 38.5 Å². The molecule has 0 fully saturated rings. The van der Waals surface area contributed by atoms with Crippen LogP contribution in [0.2, 0.25) is 10.0 Å². The van der Waals surface area contributed by atoms with Crippen molar-refractivity contribution in [2.75, 3.05) is 4.43 Å². The topological polar surface area (TPSA) is 34.1 Å². The predicted octanol–water partition coefficient (Wildman–Crippen LogP) is 18.9. The van der Waals surface area contributed by atoms with Gasteiger partial charge in [0.1, 0.15) is 46.5 Å². The molecule has 1 unspecified atom stereocenters. The van der Waals surface area contributed by atoms with E-state index in [0.717, 1.165) is 73.9 Å². The number of carbonyl (C=O) groups is 2. The van der Waals surface area contributed by atoms with Crippen LogP contribution in [0.4, 0.5) is 35.1 Å². The van der Waals surface area contributed by atoms with Crippen LogP contribution in [0.1, 0.15) is 156 Å². The molecule has 0 bridgehead atoms. The quantitative estimate of drug-likeness (QED) is 0.0907. The fourth-order valence-electron chi connectivity index (χ4n) is 11.2. The highest BCUT2D eigenvalue weighted by molar-refractivity contribution is 14.1. The summed E-state index contributed by atoms with van der Waals surface area (Å²) in [4.78, 5) is 23.1. The maximum atomic E-state index is 14.4. The van der Waals surface area contributed by atoms with Gasteiger partial charge in [0, 0.05) is 33.5 Å². The third kappa shape index (κ3) is 14.7. The molecule has 0 aliphatic heterocycles. The van der Waals surface area contributed by atoms with Crippen molar-refractivity contribution in [3.05, 3.63) is 209 Å². The first kappa shape index (κ1) is 59.7. The highest BCUT2D eigenvalue weighted by atomic mass is 127. The number of carbonyl (C=O) groups excluding carboxylic acids is 2. The van der Waals surface area contributed by atoms with E-state index in [2.05, 4.69) is 43.4 Å². The summed E-state index contributed by atoms with van der Waals surface area (Å²) in [5, 5.41) is 1.38. The van der Waals surface area contributed by atoms with E-state index in [-0.39, 0.29) is 74.8 Å². The molecule has 2 nitrogen and oxygen atoms in total. The molecule has 6 aromatic carbocycles. The molecular formula is C62H63Cl2F8IO2. The number of ketones is 2. The Morgan fingerprint density at radius 3 is 1.20 bits per heavy atom. The fraction of sp³-hybridized carbons (Fsp3) is 0.387. The van der Waals surface area contributed by atoms with E-state index in [1.165, 1.54) is 28.7 Å². The molecule has 0 saturated heterocycles. The van der Waals surface area contributed by atoms with Crippen LogP contribution >= 0.6 is 45.8 Å². The second-order valence-corrected chi connectivity index (χ2v) is 21.8. The molecule has 6 aromatic rings. The molecule has 13 heteroatoms. The van der Waals surface area contributed by atoms with E-state index in [1.807, 2.05) is 55.5 Å². The predicted molar refractivity (Wildman–Crippen MR) is 294 cm³/mol. The minimum Gasteiger partial charge on any atom is -0.294 e. The Bertz CT molecular complexity index is 2790. The van der Waals surface area contributed by atoms with Gasteiger partial charge in [-0.15, -0.1) is 0 Å². The van der Waals surface area contributed by atoms with Crippen molar-refractivity contribution in [3.63, 3.8) is 0 Å². The molecule has 0 saturated carbocycles. The van der Waals surface area contributed by atoms with Gasteiger partial charge in [-0.1, -0.05) is 111 Å². The van der Waals surface area contributed by atoms with Crippen molar-refractivity contribution in [1.29, 1.82) is 0 Å². The lowest BCUT2D eigenvalue weighted by molar-refractivity contribution is 0.0891. The standard InChI is InChI=1S/2C19H19ClF2.C12H12F2O.C10H8F2O.C2H5I/c2*1-2-13-5-8-15-17(21)9-10-18(22)19(15)16(13)11-12-3-6-14(20)7-4-12;1-2-7-3-4-8-9(13)5-6-10(14)11(8)12(7)15;11-7-4-5-8(12)10-6(7)2-1-3-9(10)13;1-2-3/h2*3-4,6-7,9-10,13,16H,2,5,8,11H2,1H3;5-7H,2-4H2,1H3;4-5H,1-3H2;2H2,1H3/t13-,16+;13-,16-;;;/m01.../s1. The zero-order valence-corrected chi connectivity index (χ0v) is 46.4. The summed E-state index contributed by atoms with van der Waals surface area (Å²) in [7, 11) is 0. The van der Waals surface area contributed by atoms with Gasteiger partial charge in [-0.25, -0.2) is 35.1 Å². The first-order chi connectivity index (χ1) is 36.0. The Hall–Kier alpha value is -4.59. The van der Waals surface area contributed by atoms with Gasteiger partial charge in [0.05, 0.1) is 11.1 Å². The van der Waals surface area contributed by atoms with E-state index < -0.39 is 23.3 Å². The maximum Gasteiger partial charge on any atom is 0.169 e. The van der Waals surface area contributed by atoms with Crippen molar-refractivity contribution in [2.45, 2.75) is 129 Å². The lowest BCUT2D eigenvalue weighted by atomic mass is 9.71. The van der Waals surface area contributed by atoms with Gasteiger partial charge >= 0.3 is 0 Å². The summed E-state index contributed by atoms with van der Waals surface area (Å²) in [6, 6.07) is 24.5. The molecule has 0 N–H and O–H groups in total. The van der Waals surface area contributed by atoms with Crippen molar-refractivity contribution in [3.8, 4) is 0 Å². The van der Waals surface area contributed by atoms with Crippen molar-refractivity contribution in [2.24, 2.45) is 17.8 Å². The van der Waals surface area contributed by atoms with Gasteiger partial charge in [-0.2, -0.15) is 0 Å². The minimum atomic E-state index is -0.596.